The standard InChI is InChI=1S/C24H28BrF2N3O2/c1-13-17(9-8-16-7-6-15(25)11-28-16)20-14(2)32-21(31)23(20,12-24(13,26)27)19-10-18(29-30-19)22(3,4)5/h6-11,13-14,17,20H,12H2,1-5H3,(H,29,30)/t13-,14+,17-,20-,23-/m0/s1. The first-order valence-electron chi connectivity index (χ1n) is 10.8. The number of hydrogen-bond acceptors (Lipinski definition) is 4. The summed E-state index contributed by atoms with van der Waals surface area (Å²) in [5.41, 5.74) is 0.0315. The van der Waals surface area contributed by atoms with E-state index in [0.29, 0.717) is 11.4 Å². The summed E-state index contributed by atoms with van der Waals surface area (Å²) < 4.78 is 37.3. The highest BCUT2D eigenvalue weighted by Gasteiger charge is 2.69. The minimum Gasteiger partial charge on any atom is -0.462 e. The zero-order valence-electron chi connectivity index (χ0n) is 18.8. The lowest BCUT2D eigenvalue weighted by atomic mass is 9.55. The molecule has 2 aromatic heterocycles. The van der Waals surface area contributed by atoms with Crippen LogP contribution in [0.15, 0.2) is 34.9 Å². The van der Waals surface area contributed by atoms with Gasteiger partial charge in [-0.15, -0.1) is 0 Å². The first-order valence-corrected chi connectivity index (χ1v) is 11.6. The van der Waals surface area contributed by atoms with Crippen molar-refractivity contribution in [3.63, 3.8) is 0 Å². The van der Waals surface area contributed by atoms with Crippen LogP contribution in [0, 0.1) is 17.8 Å². The molecule has 0 radical (unpaired) electrons. The number of alkyl halides is 2. The Hall–Kier alpha value is -2.09. The van der Waals surface area contributed by atoms with Gasteiger partial charge in [0.05, 0.1) is 17.1 Å². The third-order valence-electron chi connectivity index (χ3n) is 6.97. The number of carbonyl (C=O) groups is 1. The third kappa shape index (κ3) is 3.70. The molecule has 172 valence electrons. The lowest BCUT2D eigenvalue weighted by molar-refractivity contribution is -0.157. The van der Waals surface area contributed by atoms with Gasteiger partial charge in [0, 0.05) is 34.3 Å². The Morgan fingerprint density at radius 3 is 2.59 bits per heavy atom. The summed E-state index contributed by atoms with van der Waals surface area (Å²) in [7, 11) is 0. The van der Waals surface area contributed by atoms with Gasteiger partial charge in [0.1, 0.15) is 11.5 Å². The van der Waals surface area contributed by atoms with E-state index in [1.54, 1.807) is 38.3 Å². The van der Waals surface area contributed by atoms with Crippen molar-refractivity contribution in [1.82, 2.24) is 15.2 Å². The first-order chi connectivity index (χ1) is 14.9. The van der Waals surface area contributed by atoms with E-state index in [0.717, 1.165) is 10.2 Å². The normalized spacial score (nSPS) is 32.2. The lowest BCUT2D eigenvalue weighted by Gasteiger charge is -2.47. The van der Waals surface area contributed by atoms with Crippen LogP contribution in [-0.2, 0) is 20.4 Å². The van der Waals surface area contributed by atoms with Crippen LogP contribution >= 0.6 is 15.9 Å². The van der Waals surface area contributed by atoms with Crippen molar-refractivity contribution in [3.05, 3.63) is 52.0 Å². The number of nitrogens with zero attached hydrogens (tertiary/aromatic N) is 2. The second-order valence-corrected chi connectivity index (χ2v) is 11.0. The van der Waals surface area contributed by atoms with Gasteiger partial charge in [-0.05, 0) is 53.0 Å². The molecule has 1 aliphatic heterocycles. The maximum atomic E-state index is 15.4. The smallest absolute Gasteiger partial charge is 0.319 e. The summed E-state index contributed by atoms with van der Waals surface area (Å²) in [4.78, 5) is 17.5. The van der Waals surface area contributed by atoms with Crippen molar-refractivity contribution >= 4 is 28.0 Å². The monoisotopic (exact) mass is 507 g/mol. The van der Waals surface area contributed by atoms with Crippen LogP contribution in [0.5, 0.6) is 0 Å². The highest BCUT2D eigenvalue weighted by atomic mass is 79.9. The van der Waals surface area contributed by atoms with E-state index in [9.17, 15) is 4.79 Å². The molecule has 2 fully saturated rings. The Morgan fingerprint density at radius 1 is 1.28 bits per heavy atom. The molecular weight excluding hydrogens is 480 g/mol. The molecular formula is C24H28BrF2N3O2. The van der Waals surface area contributed by atoms with E-state index >= 15 is 8.78 Å². The van der Waals surface area contributed by atoms with E-state index < -0.39 is 47.6 Å². The van der Waals surface area contributed by atoms with E-state index in [1.165, 1.54) is 0 Å². The van der Waals surface area contributed by atoms with Crippen molar-refractivity contribution in [2.24, 2.45) is 17.8 Å². The predicted octanol–water partition coefficient (Wildman–Crippen LogP) is 5.67. The zero-order valence-corrected chi connectivity index (χ0v) is 20.4. The summed E-state index contributed by atoms with van der Waals surface area (Å²) in [5.74, 6) is -5.67. The van der Waals surface area contributed by atoms with Gasteiger partial charge in [0.2, 0.25) is 0 Å². The minimum absolute atomic E-state index is 0.286. The van der Waals surface area contributed by atoms with Crippen LogP contribution in [0.2, 0.25) is 0 Å². The highest BCUT2D eigenvalue weighted by Crippen LogP contribution is 2.60. The van der Waals surface area contributed by atoms with Gasteiger partial charge in [-0.2, -0.15) is 5.10 Å². The fraction of sp³-hybridized carbons (Fsp3) is 0.542. The maximum Gasteiger partial charge on any atom is 0.319 e. The molecule has 5 nitrogen and oxygen atoms in total. The number of allylic oxidation sites excluding steroid dienone is 1. The quantitative estimate of drug-likeness (QED) is 0.543. The van der Waals surface area contributed by atoms with Crippen LogP contribution in [-0.4, -0.2) is 33.2 Å². The Labute approximate surface area is 195 Å². The van der Waals surface area contributed by atoms with Crippen molar-refractivity contribution in [1.29, 1.82) is 0 Å². The summed E-state index contributed by atoms with van der Waals surface area (Å²) in [6.07, 6.45) is 4.08. The van der Waals surface area contributed by atoms with Crippen molar-refractivity contribution in [3.8, 4) is 0 Å². The van der Waals surface area contributed by atoms with Gasteiger partial charge in [0.25, 0.3) is 5.92 Å². The summed E-state index contributed by atoms with van der Waals surface area (Å²) in [5, 5.41) is 7.28. The van der Waals surface area contributed by atoms with Crippen LogP contribution in [0.25, 0.3) is 6.08 Å². The number of carbonyl (C=O) groups excluding carboxylic acids is 1. The van der Waals surface area contributed by atoms with Gasteiger partial charge in [-0.1, -0.05) is 33.8 Å². The molecule has 4 rings (SSSR count). The third-order valence-corrected chi connectivity index (χ3v) is 7.44. The molecule has 0 aromatic carbocycles. The number of cyclic esters (lactones) is 1. The number of aromatic amines is 1. The second-order valence-electron chi connectivity index (χ2n) is 10.1. The maximum absolute atomic E-state index is 15.4. The molecule has 0 bridgehead atoms. The molecule has 1 saturated heterocycles. The SMILES string of the molecule is C[C@H]1OC(=O)[C@]2(c3cc(C(C)(C)C)n[nH]3)CC(F)(F)[C@@H](C)[C@H](C=Cc3ccc(Br)cn3)[C@H]12. The summed E-state index contributed by atoms with van der Waals surface area (Å²) >= 11 is 3.35. The Balaban J connectivity index is 1.82. The number of hydrogen-bond donors (Lipinski definition) is 1. The van der Waals surface area contributed by atoms with Crippen molar-refractivity contribution in [2.45, 2.75) is 63.9 Å². The van der Waals surface area contributed by atoms with E-state index in [2.05, 4.69) is 31.1 Å². The van der Waals surface area contributed by atoms with Crippen molar-refractivity contribution < 1.29 is 18.3 Å². The molecule has 8 heteroatoms. The Bertz CT molecular complexity index is 1040. The number of H-pyrrole nitrogens is 1. The molecule has 32 heavy (non-hydrogen) atoms. The van der Waals surface area contributed by atoms with Gasteiger partial charge in [-0.25, -0.2) is 8.78 Å². The number of halogens is 3. The number of esters is 1. The van der Waals surface area contributed by atoms with E-state index in [1.807, 2.05) is 32.9 Å². The van der Waals surface area contributed by atoms with Crippen LogP contribution in [0.3, 0.4) is 0 Å². The molecule has 5 atom stereocenters. The average Bonchev–Trinajstić information content (AvgIpc) is 3.28. The molecule has 1 N–H and O–H groups in total. The number of aromatic nitrogens is 3. The molecule has 0 amide bonds. The fourth-order valence-corrected chi connectivity index (χ4v) is 5.38. The molecule has 1 saturated carbocycles. The lowest BCUT2D eigenvalue weighted by Crippen LogP contribution is -2.56. The number of fused-ring (bicyclic) bond motifs is 1. The largest absolute Gasteiger partial charge is 0.462 e. The van der Waals surface area contributed by atoms with Crippen LogP contribution in [0.4, 0.5) is 8.78 Å². The molecule has 0 spiro atoms. The second kappa shape index (κ2) is 7.75. The van der Waals surface area contributed by atoms with Gasteiger partial charge >= 0.3 is 5.97 Å². The molecule has 2 aliphatic rings. The topological polar surface area (TPSA) is 67.9 Å². The van der Waals surface area contributed by atoms with Gasteiger partial charge < -0.3 is 4.74 Å². The fourth-order valence-electron chi connectivity index (χ4n) is 5.14. The summed E-state index contributed by atoms with van der Waals surface area (Å²) in [6, 6.07) is 5.42. The molecule has 0 unspecified atom stereocenters. The first kappa shape index (κ1) is 23.1. The number of nitrogens with one attached hydrogen (secondary N) is 1. The van der Waals surface area contributed by atoms with Crippen molar-refractivity contribution in [2.75, 3.05) is 0 Å². The Morgan fingerprint density at radius 2 is 2.00 bits per heavy atom. The molecule has 1 aliphatic carbocycles. The number of pyridine rings is 1. The van der Waals surface area contributed by atoms with Gasteiger partial charge in [0.15, 0.2) is 0 Å². The molecule has 2 aromatic rings. The number of ether oxygens (including phenoxy) is 1. The van der Waals surface area contributed by atoms with E-state index in [-0.39, 0.29) is 5.41 Å². The predicted molar refractivity (Wildman–Crippen MR) is 121 cm³/mol. The Kier molecular flexibility index (Phi) is 5.59. The number of rotatable bonds is 3. The highest BCUT2D eigenvalue weighted by molar-refractivity contribution is 9.10. The van der Waals surface area contributed by atoms with Crippen LogP contribution in [0.1, 0.15) is 58.1 Å². The minimum atomic E-state index is -3.06. The molecule has 3 heterocycles. The summed E-state index contributed by atoms with van der Waals surface area (Å²) in [6.45, 7) is 9.32. The zero-order chi connectivity index (χ0) is 23.5. The van der Waals surface area contributed by atoms with Gasteiger partial charge in [-0.3, -0.25) is 14.9 Å². The van der Waals surface area contributed by atoms with Crippen LogP contribution < -0.4 is 0 Å². The average molecular weight is 508 g/mol. The van der Waals surface area contributed by atoms with E-state index in [4.69, 9.17) is 4.74 Å².